The SMILES string of the molecule is [2H]C([2H])([2H])NC(=O)c1ccc(C2=CCN(Cc3cnc4cc(CC)c(=O)[nH]c4c3)CC2)c(F)n1. The number of aryl methyl sites for hydroxylation is 1. The third-order valence-corrected chi connectivity index (χ3v) is 5.45. The van der Waals surface area contributed by atoms with Gasteiger partial charge < -0.3 is 10.3 Å². The van der Waals surface area contributed by atoms with E-state index in [1.54, 1.807) is 11.5 Å². The van der Waals surface area contributed by atoms with Gasteiger partial charge >= 0.3 is 0 Å². The molecule has 7 nitrogen and oxygen atoms in total. The Morgan fingerprint density at radius 2 is 2.26 bits per heavy atom. The van der Waals surface area contributed by atoms with E-state index in [-0.39, 0.29) is 11.3 Å². The quantitative estimate of drug-likeness (QED) is 0.615. The molecular formula is C23H24FN5O2. The van der Waals surface area contributed by atoms with Crippen molar-refractivity contribution in [1.29, 1.82) is 0 Å². The molecule has 3 aromatic rings. The van der Waals surface area contributed by atoms with Gasteiger partial charge in [-0.05, 0) is 48.2 Å². The van der Waals surface area contributed by atoms with Crippen molar-refractivity contribution in [3.05, 3.63) is 75.2 Å². The Hall–Kier alpha value is -3.39. The molecule has 0 fully saturated rings. The number of rotatable bonds is 5. The zero-order chi connectivity index (χ0) is 24.5. The fraction of sp³-hybridized carbons (Fsp3) is 0.304. The minimum Gasteiger partial charge on any atom is -0.354 e. The van der Waals surface area contributed by atoms with Crippen LogP contribution in [0.2, 0.25) is 0 Å². The molecule has 0 spiro atoms. The van der Waals surface area contributed by atoms with Gasteiger partial charge in [-0.15, -0.1) is 0 Å². The summed E-state index contributed by atoms with van der Waals surface area (Å²) in [5.74, 6) is -1.77. The van der Waals surface area contributed by atoms with Crippen LogP contribution in [0.25, 0.3) is 16.6 Å². The summed E-state index contributed by atoms with van der Waals surface area (Å²) in [4.78, 5) is 37.2. The number of amides is 1. The maximum absolute atomic E-state index is 14.6. The first-order valence-electron chi connectivity index (χ1n) is 11.5. The van der Waals surface area contributed by atoms with Crippen LogP contribution in [0.15, 0.2) is 41.3 Å². The number of hydrogen-bond acceptors (Lipinski definition) is 5. The fourth-order valence-corrected chi connectivity index (χ4v) is 3.74. The van der Waals surface area contributed by atoms with Gasteiger partial charge in [0.1, 0.15) is 5.69 Å². The normalized spacial score (nSPS) is 16.3. The summed E-state index contributed by atoms with van der Waals surface area (Å²) in [5.41, 5.74) is 3.79. The third kappa shape index (κ3) is 4.39. The lowest BCUT2D eigenvalue weighted by atomic mass is 10.00. The molecule has 3 aromatic heterocycles. The van der Waals surface area contributed by atoms with Crippen LogP contribution in [-0.2, 0) is 13.0 Å². The standard InChI is InChI=1S/C23H24FN5O2/c1-3-15-11-19-20(28-22(15)30)10-14(12-26-19)13-29-8-6-16(7-9-29)17-4-5-18(23(31)25-2)27-21(17)24/h4-6,10-12H,3,7-9,13H2,1-2H3,(H,25,31)(H,28,30)/i2D3. The second kappa shape index (κ2) is 8.77. The number of H-pyrrole nitrogens is 1. The molecule has 160 valence electrons. The predicted molar refractivity (Wildman–Crippen MR) is 117 cm³/mol. The van der Waals surface area contributed by atoms with Crippen molar-refractivity contribution in [3.63, 3.8) is 0 Å². The van der Waals surface area contributed by atoms with E-state index >= 15 is 0 Å². The highest BCUT2D eigenvalue weighted by Gasteiger charge is 2.18. The number of aromatic nitrogens is 3. The van der Waals surface area contributed by atoms with Gasteiger partial charge in [0.25, 0.3) is 11.5 Å². The van der Waals surface area contributed by atoms with Gasteiger partial charge in [0, 0.05) is 48.0 Å². The van der Waals surface area contributed by atoms with Crippen molar-refractivity contribution in [3.8, 4) is 0 Å². The van der Waals surface area contributed by atoms with Crippen LogP contribution in [0.1, 0.15) is 44.6 Å². The molecule has 4 rings (SSSR count). The van der Waals surface area contributed by atoms with Crippen molar-refractivity contribution in [1.82, 2.24) is 25.2 Å². The first-order chi connectivity index (χ1) is 16.1. The van der Waals surface area contributed by atoms with E-state index < -0.39 is 18.8 Å². The van der Waals surface area contributed by atoms with E-state index in [1.165, 1.54) is 12.1 Å². The fourth-order valence-electron chi connectivity index (χ4n) is 3.74. The second-order valence-electron chi connectivity index (χ2n) is 7.46. The first-order valence-corrected chi connectivity index (χ1v) is 10.0. The van der Waals surface area contributed by atoms with Gasteiger partial charge in [0.15, 0.2) is 0 Å². The van der Waals surface area contributed by atoms with Crippen molar-refractivity contribution in [2.45, 2.75) is 26.3 Å². The van der Waals surface area contributed by atoms with Crippen LogP contribution in [0.5, 0.6) is 0 Å². The van der Waals surface area contributed by atoms with Crippen LogP contribution in [-0.4, -0.2) is 45.8 Å². The Kier molecular flexibility index (Phi) is 4.90. The van der Waals surface area contributed by atoms with Crippen molar-refractivity contribution >= 4 is 22.5 Å². The highest BCUT2D eigenvalue weighted by molar-refractivity contribution is 5.92. The molecule has 0 saturated heterocycles. The Morgan fingerprint density at radius 1 is 1.39 bits per heavy atom. The van der Waals surface area contributed by atoms with E-state index in [9.17, 15) is 14.0 Å². The third-order valence-electron chi connectivity index (χ3n) is 5.45. The lowest BCUT2D eigenvalue weighted by Crippen LogP contribution is -2.28. The Balaban J connectivity index is 1.44. The maximum atomic E-state index is 14.6. The topological polar surface area (TPSA) is 91.0 Å². The average Bonchev–Trinajstić information content (AvgIpc) is 2.78. The van der Waals surface area contributed by atoms with Gasteiger partial charge in [0.2, 0.25) is 5.95 Å². The average molecular weight is 424 g/mol. The number of nitrogens with one attached hydrogen (secondary N) is 2. The van der Waals surface area contributed by atoms with E-state index in [0.717, 1.165) is 16.7 Å². The molecule has 0 aromatic carbocycles. The van der Waals surface area contributed by atoms with Crippen LogP contribution in [0, 0.1) is 5.95 Å². The molecule has 1 aliphatic heterocycles. The molecule has 0 aliphatic carbocycles. The van der Waals surface area contributed by atoms with Crippen LogP contribution in [0.4, 0.5) is 4.39 Å². The molecule has 0 atom stereocenters. The van der Waals surface area contributed by atoms with Crippen LogP contribution >= 0.6 is 0 Å². The zero-order valence-electron chi connectivity index (χ0n) is 20.0. The molecule has 4 heterocycles. The molecule has 8 heteroatoms. The first kappa shape index (κ1) is 17.3. The summed E-state index contributed by atoms with van der Waals surface area (Å²) in [6.07, 6.45) is 4.93. The molecule has 0 bridgehead atoms. The lowest BCUT2D eigenvalue weighted by Gasteiger charge is -2.26. The number of aromatic amines is 1. The van der Waals surface area contributed by atoms with E-state index in [1.807, 2.05) is 25.1 Å². The lowest BCUT2D eigenvalue weighted by molar-refractivity contribution is 0.0957. The van der Waals surface area contributed by atoms with Crippen molar-refractivity contribution in [2.24, 2.45) is 0 Å². The number of fused-ring (bicyclic) bond motifs is 1. The minimum absolute atomic E-state index is 0.1000. The summed E-state index contributed by atoms with van der Waals surface area (Å²) in [6.45, 7) is 1.14. The Labute approximate surface area is 183 Å². The Bertz CT molecular complexity index is 1340. The molecule has 1 aliphatic rings. The van der Waals surface area contributed by atoms with E-state index in [4.69, 9.17) is 4.11 Å². The number of pyridine rings is 3. The van der Waals surface area contributed by atoms with Gasteiger partial charge in [-0.3, -0.25) is 19.5 Å². The number of carbonyl (C=O) groups excluding carboxylic acids is 1. The number of halogens is 1. The summed E-state index contributed by atoms with van der Waals surface area (Å²) < 4.78 is 35.8. The summed E-state index contributed by atoms with van der Waals surface area (Å²) in [5, 5.41) is 1.80. The number of hydrogen-bond donors (Lipinski definition) is 2. The Morgan fingerprint density at radius 3 is 2.97 bits per heavy atom. The summed E-state index contributed by atoms with van der Waals surface area (Å²) >= 11 is 0. The predicted octanol–water partition coefficient (Wildman–Crippen LogP) is 2.67. The molecular weight excluding hydrogens is 397 g/mol. The van der Waals surface area contributed by atoms with Gasteiger partial charge in [0.05, 0.1) is 11.0 Å². The largest absolute Gasteiger partial charge is 0.354 e. The molecule has 0 saturated carbocycles. The molecule has 2 N–H and O–H groups in total. The van der Waals surface area contributed by atoms with E-state index in [2.05, 4.69) is 19.9 Å². The maximum Gasteiger partial charge on any atom is 0.269 e. The monoisotopic (exact) mass is 424 g/mol. The van der Waals surface area contributed by atoms with Crippen LogP contribution in [0.3, 0.4) is 0 Å². The molecule has 31 heavy (non-hydrogen) atoms. The molecule has 1 amide bonds. The van der Waals surface area contributed by atoms with E-state index in [0.29, 0.717) is 49.1 Å². The number of nitrogens with zero attached hydrogens (tertiary/aromatic N) is 3. The summed E-state index contributed by atoms with van der Waals surface area (Å²) in [7, 11) is 0. The second-order valence-corrected chi connectivity index (χ2v) is 7.46. The van der Waals surface area contributed by atoms with Gasteiger partial charge in [-0.25, -0.2) is 4.98 Å². The highest BCUT2D eigenvalue weighted by atomic mass is 19.1. The van der Waals surface area contributed by atoms with Gasteiger partial charge in [-0.2, -0.15) is 4.39 Å². The summed E-state index contributed by atoms with van der Waals surface area (Å²) in [6, 6.07) is 6.51. The van der Waals surface area contributed by atoms with Gasteiger partial charge in [-0.1, -0.05) is 13.0 Å². The number of carbonyl (C=O) groups is 1. The molecule has 0 unspecified atom stereocenters. The zero-order valence-corrected chi connectivity index (χ0v) is 17.0. The molecule has 0 radical (unpaired) electrons. The van der Waals surface area contributed by atoms with Crippen LogP contribution < -0.4 is 10.9 Å². The van der Waals surface area contributed by atoms with Crippen molar-refractivity contribution < 1.29 is 13.3 Å². The minimum atomic E-state index is -2.67. The van der Waals surface area contributed by atoms with Crippen molar-refractivity contribution in [2.75, 3.05) is 20.1 Å². The smallest absolute Gasteiger partial charge is 0.269 e. The highest BCUT2D eigenvalue weighted by Crippen LogP contribution is 2.25.